The van der Waals surface area contributed by atoms with Gasteiger partial charge in [-0.25, -0.2) is 14.6 Å². The minimum atomic E-state index is -1.10. The molecule has 8 nitrogen and oxygen atoms in total. The topological polar surface area (TPSA) is 118 Å². The number of rotatable bonds is 7. The Morgan fingerprint density at radius 1 is 1.09 bits per heavy atom. The fourth-order valence-corrected chi connectivity index (χ4v) is 5.28. The number of carboxylic acid groups (broad SMARTS) is 1. The molecule has 5 rings (SSSR count). The van der Waals surface area contributed by atoms with E-state index in [-0.39, 0.29) is 30.7 Å². The lowest BCUT2D eigenvalue weighted by Crippen LogP contribution is -2.49. The molecule has 3 N–H and O–H groups in total. The smallest absolute Gasteiger partial charge is 0.408 e. The van der Waals surface area contributed by atoms with E-state index in [1.165, 1.54) is 11.3 Å². The number of carbonyl (C=O) groups excluding carboxylic acids is 2. The van der Waals surface area contributed by atoms with Crippen LogP contribution >= 0.6 is 11.3 Å². The van der Waals surface area contributed by atoms with Crippen molar-refractivity contribution < 1.29 is 24.2 Å². The van der Waals surface area contributed by atoms with Gasteiger partial charge in [-0.2, -0.15) is 0 Å². The van der Waals surface area contributed by atoms with Gasteiger partial charge in [0.2, 0.25) is 5.91 Å². The van der Waals surface area contributed by atoms with E-state index >= 15 is 0 Å². The predicted molar refractivity (Wildman–Crippen MR) is 126 cm³/mol. The van der Waals surface area contributed by atoms with Crippen LogP contribution in [0.25, 0.3) is 11.1 Å². The van der Waals surface area contributed by atoms with Crippen LogP contribution in [0, 0.1) is 6.92 Å². The number of thiazole rings is 1. The Kier molecular flexibility index (Phi) is 5.57. The van der Waals surface area contributed by atoms with Gasteiger partial charge in [-0.15, -0.1) is 11.3 Å². The second kappa shape index (κ2) is 8.57. The third-order valence-corrected chi connectivity index (χ3v) is 7.28. The van der Waals surface area contributed by atoms with Crippen molar-refractivity contribution in [1.29, 1.82) is 0 Å². The van der Waals surface area contributed by atoms with Crippen LogP contribution in [0.4, 0.5) is 4.79 Å². The third kappa shape index (κ3) is 4.03. The molecular formula is C25H23N3O5S. The molecule has 0 saturated heterocycles. The second-order valence-electron chi connectivity index (χ2n) is 8.53. The monoisotopic (exact) mass is 477 g/mol. The zero-order valence-corrected chi connectivity index (χ0v) is 19.3. The van der Waals surface area contributed by atoms with Gasteiger partial charge in [0.1, 0.15) is 17.2 Å². The Labute approximate surface area is 200 Å². The first-order chi connectivity index (χ1) is 16.4. The number of aromatic nitrogens is 1. The summed E-state index contributed by atoms with van der Waals surface area (Å²) in [6.45, 7) is 1.95. The number of amides is 2. The lowest BCUT2D eigenvalue weighted by atomic mass is 9.98. The molecule has 3 aromatic rings. The molecule has 1 saturated carbocycles. The van der Waals surface area contributed by atoms with Crippen LogP contribution in [0.1, 0.15) is 50.3 Å². The summed E-state index contributed by atoms with van der Waals surface area (Å²) in [5, 5.41) is 15.1. The van der Waals surface area contributed by atoms with Gasteiger partial charge in [0.05, 0.1) is 6.54 Å². The molecule has 0 bridgehead atoms. The minimum absolute atomic E-state index is 0.00727. The van der Waals surface area contributed by atoms with E-state index in [1.807, 2.05) is 36.4 Å². The number of ether oxygens (including phenoxy) is 1. The van der Waals surface area contributed by atoms with Crippen LogP contribution < -0.4 is 10.6 Å². The lowest BCUT2D eigenvalue weighted by Gasteiger charge is -2.19. The number of carbonyl (C=O) groups is 3. The van der Waals surface area contributed by atoms with E-state index in [1.54, 1.807) is 6.92 Å². The summed E-state index contributed by atoms with van der Waals surface area (Å²) in [5.41, 5.74) is 3.53. The van der Waals surface area contributed by atoms with E-state index in [0.29, 0.717) is 22.7 Å². The van der Waals surface area contributed by atoms with Gasteiger partial charge in [-0.3, -0.25) is 4.79 Å². The second-order valence-corrected chi connectivity index (χ2v) is 9.82. The molecule has 1 aromatic heterocycles. The zero-order valence-electron chi connectivity index (χ0n) is 18.5. The van der Waals surface area contributed by atoms with E-state index in [9.17, 15) is 14.4 Å². The molecule has 0 atom stereocenters. The fraction of sp³-hybridized carbons (Fsp3) is 0.280. The molecule has 2 amide bonds. The molecule has 9 heteroatoms. The van der Waals surface area contributed by atoms with Crippen LogP contribution in [0.3, 0.4) is 0 Å². The molecule has 1 heterocycles. The van der Waals surface area contributed by atoms with Gasteiger partial charge in [0, 0.05) is 10.8 Å². The molecule has 2 aromatic carbocycles. The molecule has 0 radical (unpaired) electrons. The summed E-state index contributed by atoms with van der Waals surface area (Å²) in [5.74, 6) is -1.48. The van der Waals surface area contributed by atoms with Gasteiger partial charge in [0.15, 0.2) is 5.69 Å². The van der Waals surface area contributed by atoms with Crippen LogP contribution in [0.2, 0.25) is 0 Å². The summed E-state index contributed by atoms with van der Waals surface area (Å²) in [7, 11) is 0. The highest BCUT2D eigenvalue weighted by Crippen LogP contribution is 2.44. The predicted octanol–water partition coefficient (Wildman–Crippen LogP) is 3.84. The number of fused-ring (bicyclic) bond motifs is 3. The number of nitrogens with one attached hydrogen (secondary N) is 2. The number of alkyl carbamates (subject to hydrolysis) is 1. The molecule has 174 valence electrons. The van der Waals surface area contributed by atoms with Crippen molar-refractivity contribution in [2.45, 2.75) is 37.8 Å². The molecular weight excluding hydrogens is 454 g/mol. The SMILES string of the molecule is Cc1sc(CNC(=O)C2(NC(=O)OCC3c4ccccc4-c4ccccc43)CC2)nc1C(=O)O. The van der Waals surface area contributed by atoms with Crippen molar-refractivity contribution in [2.75, 3.05) is 6.61 Å². The largest absolute Gasteiger partial charge is 0.476 e. The van der Waals surface area contributed by atoms with Crippen molar-refractivity contribution in [3.63, 3.8) is 0 Å². The van der Waals surface area contributed by atoms with Crippen LogP contribution in [-0.2, 0) is 16.1 Å². The van der Waals surface area contributed by atoms with Crippen LogP contribution in [0.5, 0.6) is 0 Å². The number of benzene rings is 2. The number of hydrogen-bond donors (Lipinski definition) is 3. The van der Waals surface area contributed by atoms with Gasteiger partial charge in [-0.1, -0.05) is 48.5 Å². The van der Waals surface area contributed by atoms with E-state index < -0.39 is 17.6 Å². The maximum Gasteiger partial charge on any atom is 0.408 e. The molecule has 2 aliphatic rings. The first-order valence-corrected chi connectivity index (χ1v) is 11.8. The Bertz CT molecular complexity index is 1250. The summed E-state index contributed by atoms with van der Waals surface area (Å²) in [4.78, 5) is 41.1. The highest BCUT2D eigenvalue weighted by atomic mass is 32.1. The van der Waals surface area contributed by atoms with Crippen LogP contribution in [0.15, 0.2) is 48.5 Å². The van der Waals surface area contributed by atoms with E-state index in [4.69, 9.17) is 9.84 Å². The first-order valence-electron chi connectivity index (χ1n) is 11.0. The normalized spacial score (nSPS) is 15.2. The number of hydrogen-bond acceptors (Lipinski definition) is 6. The van der Waals surface area contributed by atoms with E-state index in [2.05, 4.69) is 27.8 Å². The minimum Gasteiger partial charge on any atom is -0.476 e. The lowest BCUT2D eigenvalue weighted by molar-refractivity contribution is -0.124. The fourth-order valence-electron chi connectivity index (χ4n) is 4.41. The highest BCUT2D eigenvalue weighted by molar-refractivity contribution is 7.11. The standard InChI is InChI=1S/C25H23N3O5S/c1-14-21(22(29)30)27-20(34-14)12-26-23(31)25(10-11-25)28-24(32)33-13-19-17-8-4-2-6-15(17)16-7-3-5-9-18(16)19/h2-9,19H,10-13H2,1H3,(H,26,31)(H,28,32)(H,29,30). The summed E-state index contributed by atoms with van der Waals surface area (Å²) in [6, 6.07) is 16.2. The summed E-state index contributed by atoms with van der Waals surface area (Å²) >= 11 is 1.22. The molecule has 1 fully saturated rings. The Hall–Kier alpha value is -3.72. The Morgan fingerprint density at radius 3 is 2.26 bits per heavy atom. The molecule has 0 spiro atoms. The van der Waals surface area contributed by atoms with Crippen LogP contribution in [-0.4, -0.2) is 40.2 Å². The molecule has 2 aliphatic carbocycles. The average Bonchev–Trinajstić information content (AvgIpc) is 3.40. The van der Waals surface area contributed by atoms with Crippen molar-refractivity contribution in [2.24, 2.45) is 0 Å². The van der Waals surface area contributed by atoms with Gasteiger partial charge < -0.3 is 20.5 Å². The molecule has 0 aliphatic heterocycles. The first kappa shape index (κ1) is 22.1. The maximum absolute atomic E-state index is 12.7. The highest BCUT2D eigenvalue weighted by Gasteiger charge is 2.51. The Morgan fingerprint density at radius 2 is 1.71 bits per heavy atom. The Balaban J connectivity index is 1.19. The molecule has 34 heavy (non-hydrogen) atoms. The number of aromatic carboxylic acids is 1. The summed E-state index contributed by atoms with van der Waals surface area (Å²) < 4.78 is 5.57. The average molecular weight is 478 g/mol. The van der Waals surface area contributed by atoms with Gasteiger partial charge >= 0.3 is 12.1 Å². The van der Waals surface area contributed by atoms with Gasteiger partial charge in [-0.05, 0) is 42.0 Å². The number of aryl methyl sites for hydroxylation is 1. The zero-order chi connectivity index (χ0) is 23.9. The number of nitrogens with zero attached hydrogens (tertiary/aromatic N) is 1. The maximum atomic E-state index is 12.7. The van der Waals surface area contributed by atoms with Crippen molar-refractivity contribution in [3.8, 4) is 11.1 Å². The van der Waals surface area contributed by atoms with Crippen molar-refractivity contribution in [1.82, 2.24) is 15.6 Å². The van der Waals surface area contributed by atoms with E-state index in [0.717, 1.165) is 22.3 Å². The summed E-state index contributed by atoms with van der Waals surface area (Å²) in [6.07, 6.45) is 0.397. The molecule has 0 unspecified atom stereocenters. The van der Waals surface area contributed by atoms with Crippen molar-refractivity contribution >= 4 is 29.3 Å². The van der Waals surface area contributed by atoms with Gasteiger partial charge in [0.25, 0.3) is 0 Å². The number of carboxylic acids is 1. The third-order valence-electron chi connectivity index (χ3n) is 6.31. The van der Waals surface area contributed by atoms with Crippen molar-refractivity contribution in [3.05, 3.63) is 75.2 Å². The quantitative estimate of drug-likeness (QED) is 0.476.